The van der Waals surface area contributed by atoms with Gasteiger partial charge in [0.15, 0.2) is 5.69 Å². The van der Waals surface area contributed by atoms with E-state index in [1.165, 1.54) is 0 Å². The van der Waals surface area contributed by atoms with E-state index in [2.05, 4.69) is 15.4 Å². The third-order valence-corrected chi connectivity index (χ3v) is 4.98. The van der Waals surface area contributed by atoms with E-state index in [9.17, 15) is 14.4 Å². The van der Waals surface area contributed by atoms with Gasteiger partial charge in [0.2, 0.25) is 0 Å². The molecule has 1 N–H and O–H groups in total. The molecule has 10 heteroatoms. The summed E-state index contributed by atoms with van der Waals surface area (Å²) in [4.78, 5) is 39.5. The van der Waals surface area contributed by atoms with Gasteiger partial charge in [0.05, 0.1) is 6.61 Å². The molecular formula is C22H19N5O5. The molecule has 2 aromatic carbocycles. The Balaban J connectivity index is 1.26. The van der Waals surface area contributed by atoms with Gasteiger partial charge in [-0.1, -0.05) is 18.2 Å². The van der Waals surface area contributed by atoms with Crippen LogP contribution < -0.4 is 4.74 Å². The highest BCUT2D eigenvalue weighted by Crippen LogP contribution is 2.27. The second-order valence-corrected chi connectivity index (χ2v) is 7.21. The second kappa shape index (κ2) is 9.26. The number of benzene rings is 2. The summed E-state index contributed by atoms with van der Waals surface area (Å²) in [6.07, 6.45) is 1.36. The van der Waals surface area contributed by atoms with E-state index in [4.69, 9.17) is 14.8 Å². The lowest BCUT2D eigenvalue weighted by Gasteiger charge is -2.12. The number of hydrogen-bond donors (Lipinski definition) is 1. The Morgan fingerprint density at radius 1 is 1.06 bits per heavy atom. The minimum atomic E-state index is -0.609. The van der Waals surface area contributed by atoms with E-state index < -0.39 is 17.8 Å². The van der Waals surface area contributed by atoms with Crippen LogP contribution in [0.3, 0.4) is 0 Å². The van der Waals surface area contributed by atoms with Crippen molar-refractivity contribution in [1.29, 1.82) is 5.26 Å². The third kappa shape index (κ3) is 4.57. The number of fused-ring (bicyclic) bond motifs is 1. The third-order valence-electron chi connectivity index (χ3n) is 4.98. The number of nitrogens with zero attached hydrogens (tertiary/aromatic N) is 4. The summed E-state index contributed by atoms with van der Waals surface area (Å²) in [5, 5.41) is 21.9. The van der Waals surface area contributed by atoms with Gasteiger partial charge in [0.25, 0.3) is 11.8 Å². The monoisotopic (exact) mass is 433 g/mol. The highest BCUT2D eigenvalue weighted by Gasteiger charge is 2.32. The lowest BCUT2D eigenvalue weighted by Crippen LogP contribution is -2.31. The zero-order valence-electron chi connectivity index (χ0n) is 17.0. The number of H-pyrrole nitrogens is 1. The molecule has 0 spiro atoms. The quantitative estimate of drug-likeness (QED) is 0.423. The molecule has 4 rings (SSSR count). The van der Waals surface area contributed by atoms with Crippen LogP contribution in [0.5, 0.6) is 5.75 Å². The van der Waals surface area contributed by atoms with Crippen LogP contribution in [0.2, 0.25) is 0 Å². The molecule has 0 atom stereocenters. The van der Waals surface area contributed by atoms with Crippen molar-refractivity contribution < 1.29 is 24.0 Å². The summed E-state index contributed by atoms with van der Waals surface area (Å²) >= 11 is 0. The fraction of sp³-hybridized carbons (Fsp3) is 0.273. The molecule has 1 fully saturated rings. The van der Waals surface area contributed by atoms with Crippen LogP contribution in [0.25, 0.3) is 22.0 Å². The normalized spacial score (nSPS) is 13.4. The number of carbonyl (C=O) groups excluding carboxylic acids is 3. The lowest BCUT2D eigenvalue weighted by molar-refractivity contribution is -0.197. The van der Waals surface area contributed by atoms with Crippen LogP contribution in [0.1, 0.15) is 37.8 Å². The van der Waals surface area contributed by atoms with Crippen LogP contribution in [0, 0.1) is 11.3 Å². The van der Waals surface area contributed by atoms with Gasteiger partial charge in [0, 0.05) is 24.8 Å². The fourth-order valence-corrected chi connectivity index (χ4v) is 3.34. The molecule has 162 valence electrons. The highest BCUT2D eigenvalue weighted by atomic mass is 16.7. The number of unbranched alkanes of at least 4 members (excludes halogenated alkanes) is 1. The van der Waals surface area contributed by atoms with Crippen LogP contribution in [0.15, 0.2) is 36.4 Å². The van der Waals surface area contributed by atoms with Gasteiger partial charge in [-0.15, -0.1) is 10.2 Å². The van der Waals surface area contributed by atoms with Crippen molar-refractivity contribution >= 4 is 28.6 Å². The molecule has 0 bridgehead atoms. The predicted molar refractivity (Wildman–Crippen MR) is 111 cm³/mol. The zero-order chi connectivity index (χ0) is 22.5. The lowest BCUT2D eigenvalue weighted by atomic mass is 10.0. The standard InChI is InChI=1S/C22H19N5O5/c23-13-18-22(25-26-24-18)16-5-4-15-12-17(7-6-14(15)11-16)31-10-2-1-3-21(30)32-27-19(28)8-9-20(27)29/h4-7,11-12H,1-3,8-10H2,(H,24,25,26). The van der Waals surface area contributed by atoms with Gasteiger partial charge in [-0.2, -0.15) is 15.6 Å². The number of aromatic amines is 1. The maximum absolute atomic E-state index is 11.8. The Kier molecular flexibility index (Phi) is 6.07. The number of hydroxylamine groups is 2. The van der Waals surface area contributed by atoms with Gasteiger partial charge >= 0.3 is 5.97 Å². The van der Waals surface area contributed by atoms with E-state index >= 15 is 0 Å². The summed E-state index contributed by atoms with van der Waals surface area (Å²) in [6, 6.07) is 13.4. The van der Waals surface area contributed by atoms with Crippen molar-refractivity contribution in [1.82, 2.24) is 20.5 Å². The number of hydrogen-bond acceptors (Lipinski definition) is 8. The molecule has 1 aliphatic heterocycles. The molecule has 2 heterocycles. The SMILES string of the molecule is N#Cc1n[nH]nc1-c1ccc2cc(OCCCCC(=O)ON3C(=O)CCC3=O)ccc2c1. The first-order valence-corrected chi connectivity index (χ1v) is 10.1. The number of carbonyl (C=O) groups is 3. The van der Waals surface area contributed by atoms with Crippen molar-refractivity contribution in [3.63, 3.8) is 0 Å². The van der Waals surface area contributed by atoms with E-state index in [1.54, 1.807) is 0 Å². The molecule has 3 aromatic rings. The summed E-state index contributed by atoms with van der Waals surface area (Å²) in [5.41, 5.74) is 1.54. The maximum Gasteiger partial charge on any atom is 0.333 e. The Morgan fingerprint density at radius 3 is 2.59 bits per heavy atom. The van der Waals surface area contributed by atoms with E-state index in [1.807, 2.05) is 42.5 Å². The fourth-order valence-electron chi connectivity index (χ4n) is 3.34. The Bertz CT molecular complexity index is 1210. The van der Waals surface area contributed by atoms with Crippen LogP contribution in [-0.2, 0) is 19.2 Å². The van der Waals surface area contributed by atoms with Crippen LogP contribution in [-0.4, -0.2) is 44.9 Å². The number of imide groups is 1. The van der Waals surface area contributed by atoms with E-state index in [-0.39, 0.29) is 25.0 Å². The van der Waals surface area contributed by atoms with E-state index in [0.29, 0.717) is 36.0 Å². The average Bonchev–Trinajstić information content (AvgIpc) is 3.40. The van der Waals surface area contributed by atoms with Gasteiger partial charge < -0.3 is 9.57 Å². The van der Waals surface area contributed by atoms with E-state index in [0.717, 1.165) is 16.3 Å². The topological polar surface area (TPSA) is 138 Å². The second-order valence-electron chi connectivity index (χ2n) is 7.21. The molecule has 0 unspecified atom stereocenters. The van der Waals surface area contributed by atoms with Gasteiger partial charge in [-0.3, -0.25) is 9.59 Å². The molecule has 32 heavy (non-hydrogen) atoms. The predicted octanol–water partition coefficient (Wildman–Crippen LogP) is 2.65. The van der Waals surface area contributed by atoms with Crippen molar-refractivity contribution in [2.24, 2.45) is 0 Å². The zero-order valence-corrected chi connectivity index (χ0v) is 17.0. The summed E-state index contributed by atoms with van der Waals surface area (Å²) in [7, 11) is 0. The molecule has 10 nitrogen and oxygen atoms in total. The summed E-state index contributed by atoms with van der Waals surface area (Å²) < 4.78 is 5.76. The summed E-state index contributed by atoms with van der Waals surface area (Å²) in [6.45, 7) is 0.406. The Hall–Kier alpha value is -4.26. The Morgan fingerprint density at radius 2 is 1.81 bits per heavy atom. The first kappa shape index (κ1) is 21.0. The average molecular weight is 433 g/mol. The molecule has 0 saturated carbocycles. The summed E-state index contributed by atoms with van der Waals surface area (Å²) in [5.74, 6) is -0.884. The van der Waals surface area contributed by atoms with Crippen molar-refractivity contribution in [2.75, 3.05) is 6.61 Å². The van der Waals surface area contributed by atoms with Crippen molar-refractivity contribution in [3.05, 3.63) is 42.1 Å². The van der Waals surface area contributed by atoms with Crippen molar-refractivity contribution in [2.45, 2.75) is 32.1 Å². The first-order valence-electron chi connectivity index (χ1n) is 10.1. The highest BCUT2D eigenvalue weighted by molar-refractivity contribution is 6.01. The van der Waals surface area contributed by atoms with Gasteiger partial charge in [0.1, 0.15) is 17.5 Å². The largest absolute Gasteiger partial charge is 0.494 e. The smallest absolute Gasteiger partial charge is 0.333 e. The van der Waals surface area contributed by atoms with Gasteiger partial charge in [-0.25, -0.2) is 4.79 Å². The molecule has 0 radical (unpaired) electrons. The van der Waals surface area contributed by atoms with Crippen molar-refractivity contribution in [3.8, 4) is 23.1 Å². The number of nitrogens with one attached hydrogen (secondary N) is 1. The minimum Gasteiger partial charge on any atom is -0.494 e. The first-order chi connectivity index (χ1) is 15.5. The molecule has 1 aromatic heterocycles. The molecular weight excluding hydrogens is 414 g/mol. The van der Waals surface area contributed by atoms with Gasteiger partial charge in [-0.05, 0) is 41.8 Å². The molecule has 0 aliphatic carbocycles. The van der Waals surface area contributed by atoms with Crippen LogP contribution >= 0.6 is 0 Å². The maximum atomic E-state index is 11.8. The minimum absolute atomic E-state index is 0.0775. The Labute approximate surface area is 182 Å². The number of nitriles is 1. The molecule has 1 aliphatic rings. The number of amides is 2. The molecule has 2 amide bonds. The number of rotatable bonds is 8. The number of aromatic nitrogens is 3. The van der Waals surface area contributed by atoms with Crippen LogP contribution in [0.4, 0.5) is 0 Å². The number of ether oxygens (including phenoxy) is 1. The molecule has 1 saturated heterocycles.